The summed E-state index contributed by atoms with van der Waals surface area (Å²) in [6, 6.07) is 9.65. The molecule has 2 rings (SSSR count). The van der Waals surface area contributed by atoms with Gasteiger partial charge in [0.15, 0.2) is 5.78 Å². The van der Waals surface area contributed by atoms with Crippen molar-refractivity contribution >= 4 is 11.9 Å². The van der Waals surface area contributed by atoms with E-state index in [-0.39, 0.29) is 22.8 Å². The maximum Gasteiger partial charge on any atom is 0.189 e. The van der Waals surface area contributed by atoms with E-state index < -0.39 is 0 Å². The van der Waals surface area contributed by atoms with Crippen LogP contribution in [0.3, 0.4) is 0 Å². The molecule has 2 aromatic carbocycles. The number of hydrogen-bond donors (Lipinski definition) is 2. The predicted molar refractivity (Wildman–Crippen MR) is 80.9 cm³/mol. The second-order valence-corrected chi connectivity index (χ2v) is 4.58. The van der Waals surface area contributed by atoms with E-state index in [1.165, 1.54) is 19.3 Å². The number of phenolic OH excluding ortho intramolecular Hbond substituents is 2. The molecule has 0 radical (unpaired) electrons. The number of allylic oxidation sites excluding steroid dienone is 1. The molecule has 0 saturated heterocycles. The number of carbonyl (C=O) groups excluding carboxylic acids is 1. The first-order chi connectivity index (χ1) is 10.0. The number of benzene rings is 2. The normalized spacial score (nSPS) is 10.8. The van der Waals surface area contributed by atoms with Crippen LogP contribution in [0.15, 0.2) is 42.5 Å². The number of hydrogen-bond acceptors (Lipinski definition) is 4. The van der Waals surface area contributed by atoms with Gasteiger partial charge in [-0.05, 0) is 42.8 Å². The largest absolute Gasteiger partial charge is 0.508 e. The Balaban J connectivity index is 2.24. The summed E-state index contributed by atoms with van der Waals surface area (Å²) in [7, 11) is 1.51. The molecule has 4 nitrogen and oxygen atoms in total. The van der Waals surface area contributed by atoms with Crippen LogP contribution in [0.1, 0.15) is 21.5 Å². The molecule has 0 aliphatic rings. The van der Waals surface area contributed by atoms with Gasteiger partial charge in [-0.3, -0.25) is 4.79 Å². The van der Waals surface area contributed by atoms with Crippen LogP contribution < -0.4 is 4.74 Å². The van der Waals surface area contributed by atoms with E-state index in [0.29, 0.717) is 11.3 Å². The molecular formula is C17H16O4. The molecule has 0 amide bonds. The summed E-state index contributed by atoms with van der Waals surface area (Å²) >= 11 is 0. The maximum atomic E-state index is 12.1. The molecule has 0 fully saturated rings. The minimum Gasteiger partial charge on any atom is -0.508 e. The number of methoxy groups -OCH3 is 1. The van der Waals surface area contributed by atoms with Gasteiger partial charge in [0.05, 0.1) is 12.7 Å². The van der Waals surface area contributed by atoms with E-state index >= 15 is 0 Å². The van der Waals surface area contributed by atoms with Crippen molar-refractivity contribution in [2.75, 3.05) is 7.11 Å². The molecule has 108 valence electrons. The van der Waals surface area contributed by atoms with Crippen molar-refractivity contribution in [2.45, 2.75) is 6.92 Å². The smallest absolute Gasteiger partial charge is 0.189 e. The molecule has 0 bridgehead atoms. The van der Waals surface area contributed by atoms with E-state index in [2.05, 4.69) is 0 Å². The summed E-state index contributed by atoms with van der Waals surface area (Å²) in [5, 5.41) is 19.2. The summed E-state index contributed by atoms with van der Waals surface area (Å²) in [5.41, 5.74) is 1.54. The summed E-state index contributed by atoms with van der Waals surface area (Å²) in [6.07, 6.45) is 3.01. The quantitative estimate of drug-likeness (QED) is 0.667. The lowest BCUT2D eigenvalue weighted by Gasteiger charge is -2.09. The zero-order valence-corrected chi connectivity index (χ0v) is 11.8. The average molecular weight is 284 g/mol. The third kappa shape index (κ3) is 3.23. The van der Waals surface area contributed by atoms with E-state index in [0.717, 1.165) is 5.56 Å². The van der Waals surface area contributed by atoms with Gasteiger partial charge in [0, 0.05) is 5.56 Å². The van der Waals surface area contributed by atoms with Crippen LogP contribution in [0, 0.1) is 6.92 Å². The summed E-state index contributed by atoms with van der Waals surface area (Å²) in [6.45, 7) is 1.69. The van der Waals surface area contributed by atoms with Gasteiger partial charge in [-0.2, -0.15) is 0 Å². The van der Waals surface area contributed by atoms with Gasteiger partial charge in [0.1, 0.15) is 17.2 Å². The molecule has 0 aromatic heterocycles. The fourth-order valence-corrected chi connectivity index (χ4v) is 1.95. The van der Waals surface area contributed by atoms with Crippen molar-refractivity contribution < 1.29 is 19.7 Å². The molecule has 21 heavy (non-hydrogen) atoms. The van der Waals surface area contributed by atoms with Crippen LogP contribution in [0.2, 0.25) is 0 Å². The highest BCUT2D eigenvalue weighted by atomic mass is 16.5. The number of aromatic hydroxyl groups is 2. The van der Waals surface area contributed by atoms with Crippen LogP contribution in [0.5, 0.6) is 17.2 Å². The van der Waals surface area contributed by atoms with Crippen molar-refractivity contribution in [3.8, 4) is 17.2 Å². The van der Waals surface area contributed by atoms with Crippen molar-refractivity contribution in [1.29, 1.82) is 0 Å². The van der Waals surface area contributed by atoms with Crippen molar-refractivity contribution in [1.82, 2.24) is 0 Å². The molecule has 0 atom stereocenters. The Morgan fingerprint density at radius 2 is 1.76 bits per heavy atom. The molecule has 0 unspecified atom stereocenters. The minimum absolute atomic E-state index is 0.0743. The van der Waals surface area contributed by atoms with Crippen LogP contribution in [-0.2, 0) is 0 Å². The second-order valence-electron chi connectivity index (χ2n) is 4.58. The highest BCUT2D eigenvalue weighted by Gasteiger charge is 2.13. The molecule has 2 N–H and O–H groups in total. The molecular weight excluding hydrogens is 268 g/mol. The Morgan fingerprint density at radius 1 is 1.10 bits per heavy atom. The average Bonchev–Trinajstić information content (AvgIpc) is 2.49. The standard InChI is InChI=1S/C17H16O4/c1-11-16(21-2)10-8-14(17(11)20)15(19)9-5-12-3-6-13(18)7-4-12/h3-10,18,20H,1-2H3/b9-5+. The van der Waals surface area contributed by atoms with Gasteiger partial charge in [0.25, 0.3) is 0 Å². The Kier molecular flexibility index (Phi) is 4.28. The SMILES string of the molecule is COc1ccc(C(=O)/C=C/c2ccc(O)cc2)c(O)c1C. The monoisotopic (exact) mass is 284 g/mol. The Labute approximate surface area is 122 Å². The van der Waals surface area contributed by atoms with Crippen molar-refractivity contribution in [3.05, 3.63) is 59.2 Å². The fraction of sp³-hybridized carbons (Fsp3) is 0.118. The highest BCUT2D eigenvalue weighted by Crippen LogP contribution is 2.30. The molecule has 2 aromatic rings. The first-order valence-corrected chi connectivity index (χ1v) is 6.41. The van der Waals surface area contributed by atoms with Gasteiger partial charge in [-0.1, -0.05) is 18.2 Å². The van der Waals surface area contributed by atoms with E-state index in [1.807, 2.05) is 0 Å². The number of ketones is 1. The van der Waals surface area contributed by atoms with Crippen LogP contribution in [-0.4, -0.2) is 23.1 Å². The molecule has 0 aliphatic carbocycles. The van der Waals surface area contributed by atoms with Crippen molar-refractivity contribution in [3.63, 3.8) is 0 Å². The van der Waals surface area contributed by atoms with Crippen LogP contribution in [0.4, 0.5) is 0 Å². The van der Waals surface area contributed by atoms with Crippen LogP contribution in [0.25, 0.3) is 6.08 Å². The Bertz CT molecular complexity index is 685. The molecule has 0 heterocycles. The van der Waals surface area contributed by atoms with Crippen molar-refractivity contribution in [2.24, 2.45) is 0 Å². The minimum atomic E-state index is -0.300. The van der Waals surface area contributed by atoms with Gasteiger partial charge in [-0.25, -0.2) is 0 Å². The Hall–Kier alpha value is -2.75. The third-order valence-corrected chi connectivity index (χ3v) is 3.19. The number of ether oxygens (including phenoxy) is 1. The molecule has 4 heteroatoms. The number of carbonyl (C=O) groups is 1. The summed E-state index contributed by atoms with van der Waals surface area (Å²) < 4.78 is 5.09. The number of phenols is 2. The first-order valence-electron chi connectivity index (χ1n) is 6.41. The van der Waals surface area contributed by atoms with Gasteiger partial charge >= 0.3 is 0 Å². The first kappa shape index (κ1) is 14.7. The highest BCUT2D eigenvalue weighted by molar-refractivity contribution is 6.09. The van der Waals surface area contributed by atoms with E-state index in [1.54, 1.807) is 43.3 Å². The van der Waals surface area contributed by atoms with E-state index in [4.69, 9.17) is 4.74 Å². The topological polar surface area (TPSA) is 66.8 Å². The van der Waals surface area contributed by atoms with E-state index in [9.17, 15) is 15.0 Å². The summed E-state index contributed by atoms with van der Waals surface area (Å²) in [5.74, 6) is 0.328. The lowest BCUT2D eigenvalue weighted by Crippen LogP contribution is -1.98. The summed E-state index contributed by atoms with van der Waals surface area (Å²) in [4.78, 5) is 12.1. The lowest BCUT2D eigenvalue weighted by molar-refractivity contribution is 0.104. The van der Waals surface area contributed by atoms with Gasteiger partial charge in [-0.15, -0.1) is 0 Å². The number of rotatable bonds is 4. The molecule has 0 spiro atoms. The second kappa shape index (κ2) is 6.13. The molecule has 0 saturated carbocycles. The zero-order valence-electron chi connectivity index (χ0n) is 11.8. The fourth-order valence-electron chi connectivity index (χ4n) is 1.95. The Morgan fingerprint density at radius 3 is 2.38 bits per heavy atom. The van der Waals surface area contributed by atoms with Gasteiger partial charge < -0.3 is 14.9 Å². The molecule has 0 aliphatic heterocycles. The zero-order chi connectivity index (χ0) is 15.4. The van der Waals surface area contributed by atoms with Crippen LogP contribution >= 0.6 is 0 Å². The van der Waals surface area contributed by atoms with Gasteiger partial charge in [0.2, 0.25) is 0 Å². The third-order valence-electron chi connectivity index (χ3n) is 3.19. The predicted octanol–water partition coefficient (Wildman–Crippen LogP) is 3.31. The maximum absolute atomic E-state index is 12.1. The lowest BCUT2D eigenvalue weighted by atomic mass is 10.0.